The molecule has 0 saturated carbocycles. The Labute approximate surface area is 91.4 Å². The molecule has 2 heteroatoms. The second-order valence-electron chi connectivity index (χ2n) is 3.83. The van der Waals surface area contributed by atoms with Crippen molar-refractivity contribution in [3.63, 3.8) is 0 Å². The van der Waals surface area contributed by atoms with Gasteiger partial charge in [0.15, 0.2) is 0 Å². The van der Waals surface area contributed by atoms with Crippen LogP contribution in [0.25, 0.3) is 0 Å². The Morgan fingerprint density at radius 3 is 2.31 bits per heavy atom. The van der Waals surface area contributed by atoms with E-state index in [0.29, 0.717) is 5.41 Å². The van der Waals surface area contributed by atoms with Crippen LogP contribution in [0.1, 0.15) is 46.0 Å². The smallest absolute Gasteiger partial charge is 0.0467 e. The van der Waals surface area contributed by atoms with E-state index in [1.807, 2.05) is 0 Å². The first kappa shape index (κ1) is 13.4. The molecule has 0 radical (unpaired) electrons. The molecule has 0 fully saturated rings. The predicted octanol–water partition coefficient (Wildman–Crippen LogP) is 4.00. The average Bonchev–Trinajstić information content (AvgIpc) is 2.20. The highest BCUT2D eigenvalue weighted by Crippen LogP contribution is 2.34. The van der Waals surface area contributed by atoms with Crippen LogP contribution in [0.15, 0.2) is 0 Å². The molecule has 1 nitrogen and oxygen atoms in total. The largest absolute Gasteiger partial charge is 0.385 e. The van der Waals surface area contributed by atoms with Crippen molar-refractivity contribution in [1.82, 2.24) is 0 Å². The van der Waals surface area contributed by atoms with Crippen molar-refractivity contribution < 1.29 is 4.74 Å². The van der Waals surface area contributed by atoms with Gasteiger partial charge in [0.1, 0.15) is 0 Å². The minimum absolute atomic E-state index is 0.478. The lowest BCUT2D eigenvalue weighted by atomic mass is 9.79. The molecule has 0 heterocycles. The van der Waals surface area contributed by atoms with E-state index in [-0.39, 0.29) is 0 Å². The Kier molecular flexibility index (Phi) is 8.07. The van der Waals surface area contributed by atoms with Gasteiger partial charge in [-0.25, -0.2) is 0 Å². The van der Waals surface area contributed by atoms with E-state index in [9.17, 15) is 0 Å². The van der Waals surface area contributed by atoms with E-state index < -0.39 is 0 Å². The molecule has 0 aromatic carbocycles. The van der Waals surface area contributed by atoms with Crippen LogP contribution in [0.4, 0.5) is 0 Å². The van der Waals surface area contributed by atoms with Crippen molar-refractivity contribution in [3.8, 4) is 0 Å². The molecule has 0 saturated heterocycles. The zero-order chi connectivity index (χ0) is 10.2. The van der Waals surface area contributed by atoms with E-state index in [4.69, 9.17) is 4.74 Å². The summed E-state index contributed by atoms with van der Waals surface area (Å²) >= 11 is 3.64. The first-order valence-corrected chi connectivity index (χ1v) is 6.41. The standard InChI is InChI=1S/C11H23BrO/c1-4-6-7-11(5-2,10-12)8-9-13-3/h4-10H2,1-3H3. The quantitative estimate of drug-likeness (QED) is 0.592. The molecule has 0 amide bonds. The molecule has 0 bridgehead atoms. The molecule has 0 aliphatic rings. The number of rotatable bonds is 8. The van der Waals surface area contributed by atoms with Crippen LogP contribution in [0.5, 0.6) is 0 Å². The monoisotopic (exact) mass is 250 g/mol. The SMILES string of the molecule is CCCCC(CC)(CBr)CCOC. The molecule has 0 N–H and O–H groups in total. The van der Waals surface area contributed by atoms with Crippen LogP contribution in [0.2, 0.25) is 0 Å². The summed E-state index contributed by atoms with van der Waals surface area (Å²) in [5, 5.41) is 1.11. The third kappa shape index (κ3) is 5.02. The van der Waals surface area contributed by atoms with Gasteiger partial charge in [-0.3, -0.25) is 0 Å². The summed E-state index contributed by atoms with van der Waals surface area (Å²) < 4.78 is 5.16. The van der Waals surface area contributed by atoms with Gasteiger partial charge in [0, 0.05) is 19.0 Å². The van der Waals surface area contributed by atoms with Crippen LogP contribution < -0.4 is 0 Å². The maximum atomic E-state index is 5.16. The van der Waals surface area contributed by atoms with Crippen LogP contribution in [0.3, 0.4) is 0 Å². The molecule has 0 aliphatic carbocycles. The molecule has 13 heavy (non-hydrogen) atoms. The first-order valence-electron chi connectivity index (χ1n) is 5.29. The van der Waals surface area contributed by atoms with Crippen molar-refractivity contribution in [1.29, 1.82) is 0 Å². The van der Waals surface area contributed by atoms with Crippen molar-refractivity contribution in [2.75, 3.05) is 19.0 Å². The molecule has 0 rings (SSSR count). The van der Waals surface area contributed by atoms with Crippen molar-refractivity contribution >= 4 is 15.9 Å². The number of ether oxygens (including phenoxy) is 1. The first-order chi connectivity index (χ1) is 6.24. The van der Waals surface area contributed by atoms with Gasteiger partial charge in [0.05, 0.1) is 0 Å². The van der Waals surface area contributed by atoms with Gasteiger partial charge in [-0.15, -0.1) is 0 Å². The zero-order valence-corrected chi connectivity index (χ0v) is 10.8. The highest BCUT2D eigenvalue weighted by atomic mass is 79.9. The molecule has 80 valence electrons. The van der Waals surface area contributed by atoms with E-state index in [2.05, 4.69) is 29.8 Å². The van der Waals surface area contributed by atoms with E-state index in [1.165, 1.54) is 32.1 Å². The fraction of sp³-hybridized carbons (Fsp3) is 1.00. The normalized spacial score (nSPS) is 15.7. The Morgan fingerprint density at radius 1 is 1.23 bits per heavy atom. The number of unbranched alkanes of at least 4 members (excludes halogenated alkanes) is 1. The van der Waals surface area contributed by atoms with E-state index >= 15 is 0 Å². The fourth-order valence-corrected chi connectivity index (χ4v) is 2.53. The number of hydrogen-bond donors (Lipinski definition) is 0. The number of alkyl halides is 1. The van der Waals surface area contributed by atoms with Gasteiger partial charge in [-0.05, 0) is 24.7 Å². The second-order valence-corrected chi connectivity index (χ2v) is 4.39. The average molecular weight is 251 g/mol. The summed E-state index contributed by atoms with van der Waals surface area (Å²) in [6.07, 6.45) is 6.40. The summed E-state index contributed by atoms with van der Waals surface area (Å²) in [4.78, 5) is 0. The highest BCUT2D eigenvalue weighted by Gasteiger charge is 2.25. The van der Waals surface area contributed by atoms with Crippen molar-refractivity contribution in [2.45, 2.75) is 46.0 Å². The van der Waals surface area contributed by atoms with Gasteiger partial charge in [-0.2, -0.15) is 0 Å². The molecule has 1 atom stereocenters. The van der Waals surface area contributed by atoms with E-state index in [0.717, 1.165) is 11.9 Å². The summed E-state index contributed by atoms with van der Waals surface area (Å²) in [5.74, 6) is 0. The lowest BCUT2D eigenvalue weighted by Gasteiger charge is -2.30. The van der Waals surface area contributed by atoms with Crippen molar-refractivity contribution in [2.24, 2.45) is 5.41 Å². The van der Waals surface area contributed by atoms with Gasteiger partial charge in [0.2, 0.25) is 0 Å². The molecule has 0 aliphatic heterocycles. The van der Waals surface area contributed by atoms with Gasteiger partial charge in [0.25, 0.3) is 0 Å². The van der Waals surface area contributed by atoms with Crippen LogP contribution >= 0.6 is 15.9 Å². The molecular formula is C11H23BrO. The summed E-state index contributed by atoms with van der Waals surface area (Å²) in [6.45, 7) is 5.43. The molecule has 0 aromatic heterocycles. The fourth-order valence-electron chi connectivity index (χ4n) is 1.58. The van der Waals surface area contributed by atoms with Crippen LogP contribution in [-0.2, 0) is 4.74 Å². The zero-order valence-electron chi connectivity index (χ0n) is 9.24. The number of methoxy groups -OCH3 is 1. The lowest BCUT2D eigenvalue weighted by Crippen LogP contribution is -2.23. The van der Waals surface area contributed by atoms with Crippen molar-refractivity contribution in [3.05, 3.63) is 0 Å². The molecule has 1 unspecified atom stereocenters. The molecule has 0 spiro atoms. The van der Waals surface area contributed by atoms with Gasteiger partial charge < -0.3 is 4.74 Å². The molecular weight excluding hydrogens is 228 g/mol. The Balaban J connectivity index is 3.97. The highest BCUT2D eigenvalue weighted by molar-refractivity contribution is 9.09. The topological polar surface area (TPSA) is 9.23 Å². The predicted molar refractivity (Wildman–Crippen MR) is 62.5 cm³/mol. The Morgan fingerprint density at radius 2 is 1.92 bits per heavy atom. The minimum Gasteiger partial charge on any atom is -0.385 e. The third-order valence-electron chi connectivity index (χ3n) is 2.93. The summed E-state index contributed by atoms with van der Waals surface area (Å²) in [5.41, 5.74) is 0.478. The number of halogens is 1. The maximum absolute atomic E-state index is 5.16. The number of hydrogen-bond acceptors (Lipinski definition) is 1. The summed E-state index contributed by atoms with van der Waals surface area (Å²) in [7, 11) is 1.79. The maximum Gasteiger partial charge on any atom is 0.0467 e. The minimum atomic E-state index is 0.478. The van der Waals surface area contributed by atoms with Crippen LogP contribution in [-0.4, -0.2) is 19.0 Å². The van der Waals surface area contributed by atoms with Crippen LogP contribution in [0, 0.1) is 5.41 Å². The summed E-state index contributed by atoms with van der Waals surface area (Å²) in [6, 6.07) is 0. The Bertz CT molecular complexity index is 101. The lowest BCUT2D eigenvalue weighted by molar-refractivity contribution is 0.137. The third-order valence-corrected chi connectivity index (χ3v) is 4.12. The van der Waals surface area contributed by atoms with E-state index in [1.54, 1.807) is 7.11 Å². The molecule has 0 aromatic rings. The van der Waals surface area contributed by atoms with Gasteiger partial charge in [-0.1, -0.05) is 42.6 Å². The van der Waals surface area contributed by atoms with Gasteiger partial charge >= 0.3 is 0 Å². The second kappa shape index (κ2) is 7.81. The Hall–Kier alpha value is 0.440.